The average molecular weight is 346 g/mol. The highest BCUT2D eigenvalue weighted by atomic mass is 16.5. The number of Topliss-reactive ketones (excluding diaryl/α,β-unsaturated/α-hetero) is 2. The Hall–Kier alpha value is -1.19. The normalized spacial score (nSPS) is 49.2. The van der Waals surface area contributed by atoms with Crippen molar-refractivity contribution in [3.05, 3.63) is 0 Å². The molecule has 0 aromatic carbocycles. The fourth-order valence-corrected chi connectivity index (χ4v) is 7.28. The molecule has 0 aliphatic heterocycles. The van der Waals surface area contributed by atoms with E-state index in [2.05, 4.69) is 6.92 Å². The molecule has 0 bridgehead atoms. The summed E-state index contributed by atoms with van der Waals surface area (Å²) >= 11 is 0. The number of fused-ring (bicyclic) bond motifs is 5. The molecule has 25 heavy (non-hydrogen) atoms. The minimum absolute atomic E-state index is 0.122. The fraction of sp³-hybridized carbons (Fsp3) is 0.857. The van der Waals surface area contributed by atoms with Gasteiger partial charge in [0.15, 0.2) is 0 Å². The number of esters is 1. The Kier molecular flexibility index (Phi) is 3.90. The molecule has 0 amide bonds. The van der Waals surface area contributed by atoms with Gasteiger partial charge in [-0.2, -0.15) is 0 Å². The summed E-state index contributed by atoms with van der Waals surface area (Å²) in [5.41, 5.74) is -0.418. The minimum Gasteiger partial charge on any atom is -0.469 e. The molecule has 0 radical (unpaired) electrons. The van der Waals surface area contributed by atoms with Crippen molar-refractivity contribution in [1.82, 2.24) is 0 Å². The summed E-state index contributed by atoms with van der Waals surface area (Å²) in [4.78, 5) is 37.5. The molecule has 0 unspecified atom stereocenters. The van der Waals surface area contributed by atoms with Gasteiger partial charge in [-0.1, -0.05) is 13.8 Å². The van der Waals surface area contributed by atoms with Gasteiger partial charge in [0, 0.05) is 24.7 Å². The average Bonchev–Trinajstić information content (AvgIpc) is 2.95. The van der Waals surface area contributed by atoms with Crippen molar-refractivity contribution in [1.29, 1.82) is 0 Å². The topological polar surface area (TPSA) is 60.4 Å². The third kappa shape index (κ3) is 2.21. The van der Waals surface area contributed by atoms with E-state index in [1.807, 2.05) is 6.92 Å². The molecular weight excluding hydrogens is 316 g/mol. The smallest absolute Gasteiger partial charge is 0.309 e. The molecule has 0 N–H and O–H groups in total. The van der Waals surface area contributed by atoms with Crippen molar-refractivity contribution < 1.29 is 19.1 Å². The van der Waals surface area contributed by atoms with Crippen molar-refractivity contribution in [2.75, 3.05) is 7.11 Å². The van der Waals surface area contributed by atoms with Gasteiger partial charge in [0.25, 0.3) is 0 Å². The minimum atomic E-state index is -0.540. The Bertz CT molecular complexity index is 625. The molecular formula is C21H30O4. The van der Waals surface area contributed by atoms with E-state index in [0.717, 1.165) is 32.1 Å². The molecule has 4 heteroatoms. The van der Waals surface area contributed by atoms with E-state index in [9.17, 15) is 14.4 Å². The second-order valence-electron chi connectivity index (χ2n) is 9.46. The number of rotatable bonds is 1. The molecule has 4 fully saturated rings. The number of hydrogen-bond acceptors (Lipinski definition) is 4. The zero-order valence-electron chi connectivity index (χ0n) is 15.7. The molecule has 0 aromatic heterocycles. The SMILES string of the molecule is COC(=O)[C@@H]1CC[C@@H]2[C@H]3CC[C@H]4CC(=O)CC[C@]4(C)[C@@H]3CC(=O)[C@@]21C. The highest BCUT2D eigenvalue weighted by Crippen LogP contribution is 2.66. The van der Waals surface area contributed by atoms with Crippen molar-refractivity contribution in [2.45, 2.75) is 65.2 Å². The molecule has 7 atom stereocenters. The van der Waals surface area contributed by atoms with E-state index in [1.165, 1.54) is 7.11 Å². The van der Waals surface area contributed by atoms with Gasteiger partial charge in [0.2, 0.25) is 0 Å². The highest BCUT2D eigenvalue weighted by Gasteiger charge is 2.64. The van der Waals surface area contributed by atoms with Gasteiger partial charge in [-0.25, -0.2) is 0 Å². The first-order chi connectivity index (χ1) is 11.8. The lowest BCUT2D eigenvalue weighted by Crippen LogP contribution is -2.57. The summed E-state index contributed by atoms with van der Waals surface area (Å²) in [5, 5.41) is 0. The number of carbonyl (C=O) groups excluding carboxylic acids is 3. The second-order valence-corrected chi connectivity index (χ2v) is 9.46. The molecule has 0 spiro atoms. The summed E-state index contributed by atoms with van der Waals surface area (Å²) in [5.74, 6) is 1.86. The lowest BCUT2D eigenvalue weighted by molar-refractivity contribution is -0.167. The van der Waals surface area contributed by atoms with Crippen LogP contribution in [-0.2, 0) is 19.1 Å². The van der Waals surface area contributed by atoms with Crippen LogP contribution in [0.3, 0.4) is 0 Å². The van der Waals surface area contributed by atoms with Crippen LogP contribution in [-0.4, -0.2) is 24.6 Å². The number of methoxy groups -OCH3 is 1. The van der Waals surface area contributed by atoms with Crippen LogP contribution in [0, 0.1) is 40.4 Å². The molecule has 4 saturated carbocycles. The Balaban J connectivity index is 1.67. The lowest BCUT2D eigenvalue weighted by Gasteiger charge is -2.59. The summed E-state index contributed by atoms with van der Waals surface area (Å²) in [7, 11) is 1.43. The van der Waals surface area contributed by atoms with Crippen LogP contribution < -0.4 is 0 Å². The van der Waals surface area contributed by atoms with Gasteiger partial charge in [-0.05, 0) is 61.2 Å². The Morgan fingerprint density at radius 3 is 2.52 bits per heavy atom. The van der Waals surface area contributed by atoms with Gasteiger partial charge < -0.3 is 4.74 Å². The van der Waals surface area contributed by atoms with E-state index in [-0.39, 0.29) is 23.1 Å². The molecule has 138 valence electrons. The van der Waals surface area contributed by atoms with Crippen LogP contribution in [0.4, 0.5) is 0 Å². The second kappa shape index (κ2) is 5.65. The number of ketones is 2. The van der Waals surface area contributed by atoms with Crippen LogP contribution >= 0.6 is 0 Å². The van der Waals surface area contributed by atoms with E-state index < -0.39 is 5.41 Å². The Labute approximate surface area is 150 Å². The van der Waals surface area contributed by atoms with Crippen molar-refractivity contribution in [3.63, 3.8) is 0 Å². The monoisotopic (exact) mass is 346 g/mol. The van der Waals surface area contributed by atoms with Crippen LogP contribution in [0.2, 0.25) is 0 Å². The predicted molar refractivity (Wildman–Crippen MR) is 92.6 cm³/mol. The van der Waals surface area contributed by atoms with Gasteiger partial charge in [-0.15, -0.1) is 0 Å². The number of ether oxygens (including phenoxy) is 1. The summed E-state index contributed by atoms with van der Waals surface area (Å²) in [6.45, 7) is 4.37. The van der Waals surface area contributed by atoms with Crippen LogP contribution in [0.25, 0.3) is 0 Å². The first-order valence-corrected chi connectivity index (χ1v) is 9.95. The van der Waals surface area contributed by atoms with E-state index >= 15 is 0 Å². The molecule has 0 aromatic rings. The third-order valence-corrected chi connectivity index (χ3v) is 8.83. The van der Waals surface area contributed by atoms with Crippen LogP contribution in [0.15, 0.2) is 0 Å². The molecule has 0 heterocycles. The van der Waals surface area contributed by atoms with Gasteiger partial charge in [0.1, 0.15) is 11.6 Å². The quantitative estimate of drug-likeness (QED) is 0.681. The van der Waals surface area contributed by atoms with E-state index in [4.69, 9.17) is 4.74 Å². The lowest BCUT2D eigenvalue weighted by atomic mass is 9.44. The molecule has 4 rings (SSSR count). The molecule has 4 aliphatic carbocycles. The number of carbonyl (C=O) groups is 3. The largest absolute Gasteiger partial charge is 0.469 e. The van der Waals surface area contributed by atoms with Gasteiger partial charge >= 0.3 is 5.97 Å². The van der Waals surface area contributed by atoms with Crippen LogP contribution in [0.5, 0.6) is 0 Å². The highest BCUT2D eigenvalue weighted by molar-refractivity contribution is 5.92. The van der Waals surface area contributed by atoms with E-state index in [0.29, 0.717) is 48.7 Å². The first kappa shape index (κ1) is 17.2. The third-order valence-electron chi connectivity index (χ3n) is 8.83. The summed E-state index contributed by atoms with van der Waals surface area (Å²) in [6.07, 6.45) is 6.87. The zero-order valence-corrected chi connectivity index (χ0v) is 15.7. The maximum Gasteiger partial charge on any atom is 0.309 e. The summed E-state index contributed by atoms with van der Waals surface area (Å²) in [6, 6.07) is 0. The first-order valence-electron chi connectivity index (χ1n) is 9.95. The van der Waals surface area contributed by atoms with Gasteiger partial charge in [0.05, 0.1) is 13.0 Å². The standard InChI is InChI=1S/C21H30O4/c1-20-9-8-13(22)10-12(20)4-5-14-15-6-7-16(19(24)25-3)21(15,2)18(23)11-17(14)20/h12,14-17H,4-11H2,1-3H3/t12-,14+,15+,16-,17+,20-,21-/m0/s1. The van der Waals surface area contributed by atoms with Crippen molar-refractivity contribution >= 4 is 17.5 Å². The Morgan fingerprint density at radius 1 is 1.04 bits per heavy atom. The molecule has 4 aliphatic rings. The van der Waals surface area contributed by atoms with E-state index in [1.54, 1.807) is 0 Å². The molecule has 0 saturated heterocycles. The van der Waals surface area contributed by atoms with Crippen molar-refractivity contribution in [2.24, 2.45) is 40.4 Å². The Morgan fingerprint density at radius 2 is 1.80 bits per heavy atom. The van der Waals surface area contributed by atoms with Gasteiger partial charge in [-0.3, -0.25) is 14.4 Å². The maximum atomic E-state index is 13.3. The zero-order chi connectivity index (χ0) is 18.0. The molecule has 4 nitrogen and oxygen atoms in total. The maximum absolute atomic E-state index is 13.3. The fourth-order valence-electron chi connectivity index (χ4n) is 7.28. The predicted octanol–water partition coefficient (Wildman–Crippen LogP) is 3.57. The number of hydrogen-bond donors (Lipinski definition) is 0. The summed E-state index contributed by atoms with van der Waals surface area (Å²) < 4.78 is 5.02. The van der Waals surface area contributed by atoms with Crippen LogP contribution in [0.1, 0.15) is 65.2 Å². The van der Waals surface area contributed by atoms with Crippen molar-refractivity contribution in [3.8, 4) is 0 Å².